The van der Waals surface area contributed by atoms with E-state index in [2.05, 4.69) is 4.90 Å². The first-order chi connectivity index (χ1) is 13.8. The molecule has 5 nitrogen and oxygen atoms in total. The van der Waals surface area contributed by atoms with Crippen LogP contribution in [0.1, 0.15) is 16.7 Å². The first-order valence-corrected chi connectivity index (χ1v) is 9.31. The molecule has 0 spiro atoms. The van der Waals surface area contributed by atoms with Crippen LogP contribution in [-0.4, -0.2) is 41.7 Å². The number of ether oxygens (including phenoxy) is 2. The SMILES string of the molecule is O=C(O)C1CN(C2COc3cc(OCc4cccc(C(F)(F)F)c4)ccc3C2)C1. The van der Waals surface area contributed by atoms with E-state index >= 15 is 0 Å². The van der Waals surface area contributed by atoms with Gasteiger partial charge in [-0.2, -0.15) is 13.2 Å². The topological polar surface area (TPSA) is 59.0 Å². The van der Waals surface area contributed by atoms with E-state index in [4.69, 9.17) is 14.6 Å². The molecule has 8 heteroatoms. The third-order valence-corrected chi connectivity index (χ3v) is 5.36. The van der Waals surface area contributed by atoms with Crippen LogP contribution in [-0.2, 0) is 24.0 Å². The van der Waals surface area contributed by atoms with Gasteiger partial charge in [0, 0.05) is 25.2 Å². The van der Waals surface area contributed by atoms with Crippen LogP contribution in [0.25, 0.3) is 0 Å². The average Bonchev–Trinajstić information content (AvgIpc) is 2.64. The number of benzene rings is 2. The average molecular weight is 407 g/mol. The lowest BCUT2D eigenvalue weighted by Gasteiger charge is -2.43. The van der Waals surface area contributed by atoms with Crippen molar-refractivity contribution in [3.63, 3.8) is 0 Å². The summed E-state index contributed by atoms with van der Waals surface area (Å²) in [6.07, 6.45) is -3.62. The van der Waals surface area contributed by atoms with Gasteiger partial charge in [0.25, 0.3) is 0 Å². The Balaban J connectivity index is 1.36. The minimum absolute atomic E-state index is 0.0235. The molecule has 4 rings (SSSR count). The fourth-order valence-corrected chi connectivity index (χ4v) is 3.63. The van der Waals surface area contributed by atoms with Crippen molar-refractivity contribution in [3.05, 3.63) is 59.2 Å². The third-order valence-electron chi connectivity index (χ3n) is 5.36. The van der Waals surface area contributed by atoms with E-state index in [9.17, 15) is 18.0 Å². The molecule has 1 N–H and O–H groups in total. The van der Waals surface area contributed by atoms with Crippen molar-refractivity contribution in [2.24, 2.45) is 5.92 Å². The number of carboxylic acids is 1. The summed E-state index contributed by atoms with van der Waals surface area (Å²) < 4.78 is 49.9. The molecule has 0 aliphatic carbocycles. The first-order valence-electron chi connectivity index (χ1n) is 9.31. The maximum absolute atomic E-state index is 12.8. The number of hydrogen-bond acceptors (Lipinski definition) is 4. The summed E-state index contributed by atoms with van der Waals surface area (Å²) in [6.45, 7) is 1.57. The molecule has 2 aliphatic heterocycles. The molecule has 154 valence electrons. The van der Waals surface area contributed by atoms with Crippen molar-refractivity contribution in [3.8, 4) is 11.5 Å². The van der Waals surface area contributed by atoms with Crippen molar-refractivity contribution in [1.82, 2.24) is 4.90 Å². The summed E-state index contributed by atoms with van der Waals surface area (Å²) >= 11 is 0. The van der Waals surface area contributed by atoms with Gasteiger partial charge in [0.2, 0.25) is 0 Å². The lowest BCUT2D eigenvalue weighted by atomic mass is 9.93. The van der Waals surface area contributed by atoms with Crippen LogP contribution in [0.15, 0.2) is 42.5 Å². The number of fused-ring (bicyclic) bond motifs is 1. The van der Waals surface area contributed by atoms with Gasteiger partial charge in [0.1, 0.15) is 24.7 Å². The summed E-state index contributed by atoms with van der Waals surface area (Å²) in [5.74, 6) is 0.150. The monoisotopic (exact) mass is 407 g/mol. The molecule has 0 amide bonds. The quantitative estimate of drug-likeness (QED) is 0.821. The summed E-state index contributed by atoms with van der Waals surface area (Å²) in [4.78, 5) is 13.1. The van der Waals surface area contributed by atoms with Crippen LogP contribution in [0.3, 0.4) is 0 Å². The van der Waals surface area contributed by atoms with E-state index in [1.54, 1.807) is 18.2 Å². The highest BCUT2D eigenvalue weighted by atomic mass is 19.4. The number of aliphatic carboxylic acids is 1. The summed E-state index contributed by atoms with van der Waals surface area (Å²) in [5, 5.41) is 9.00. The summed E-state index contributed by atoms with van der Waals surface area (Å²) in [7, 11) is 0. The van der Waals surface area contributed by atoms with Gasteiger partial charge >= 0.3 is 12.1 Å². The van der Waals surface area contributed by atoms with Crippen LogP contribution < -0.4 is 9.47 Å². The summed E-state index contributed by atoms with van der Waals surface area (Å²) in [5.41, 5.74) is 0.741. The number of nitrogens with zero attached hydrogens (tertiary/aromatic N) is 1. The second kappa shape index (κ2) is 7.59. The molecule has 2 aliphatic rings. The maximum atomic E-state index is 12.8. The fraction of sp³-hybridized carbons (Fsp3) is 0.381. The second-order valence-corrected chi connectivity index (χ2v) is 7.41. The van der Waals surface area contributed by atoms with Crippen LogP contribution in [0.4, 0.5) is 13.2 Å². The second-order valence-electron chi connectivity index (χ2n) is 7.41. The van der Waals surface area contributed by atoms with Crippen LogP contribution in [0.2, 0.25) is 0 Å². The molecule has 1 atom stereocenters. The molecule has 2 heterocycles. The molecule has 1 unspecified atom stereocenters. The smallest absolute Gasteiger partial charge is 0.416 e. The van der Waals surface area contributed by atoms with Crippen molar-refractivity contribution in [1.29, 1.82) is 0 Å². The third kappa shape index (κ3) is 4.32. The van der Waals surface area contributed by atoms with Crippen LogP contribution >= 0.6 is 0 Å². The number of halogens is 3. The van der Waals surface area contributed by atoms with Crippen molar-refractivity contribution < 1.29 is 32.5 Å². The van der Waals surface area contributed by atoms with Crippen LogP contribution in [0, 0.1) is 5.92 Å². The molecule has 0 aromatic heterocycles. The molecule has 1 saturated heterocycles. The van der Waals surface area contributed by atoms with Gasteiger partial charge in [-0.3, -0.25) is 9.69 Å². The molecule has 0 saturated carbocycles. The number of hydrogen-bond donors (Lipinski definition) is 1. The van der Waals surface area contributed by atoms with Crippen molar-refractivity contribution >= 4 is 5.97 Å². The Morgan fingerprint density at radius 1 is 1.21 bits per heavy atom. The minimum Gasteiger partial charge on any atom is -0.492 e. The largest absolute Gasteiger partial charge is 0.492 e. The lowest BCUT2D eigenvalue weighted by molar-refractivity contribution is -0.149. The molecule has 0 bridgehead atoms. The predicted molar refractivity (Wildman–Crippen MR) is 97.9 cm³/mol. The Labute approximate surface area is 165 Å². The highest BCUT2D eigenvalue weighted by Gasteiger charge is 2.38. The molecular formula is C21H20F3NO4. The molecule has 1 fully saturated rings. The maximum Gasteiger partial charge on any atom is 0.416 e. The van der Waals surface area contributed by atoms with Gasteiger partial charge < -0.3 is 14.6 Å². The van der Waals surface area contributed by atoms with Gasteiger partial charge in [0.15, 0.2) is 0 Å². The van der Waals surface area contributed by atoms with Gasteiger partial charge in [-0.25, -0.2) is 0 Å². The molecule has 29 heavy (non-hydrogen) atoms. The number of likely N-dealkylation sites (tertiary alicyclic amines) is 1. The Morgan fingerprint density at radius 2 is 2.00 bits per heavy atom. The van der Waals surface area contributed by atoms with Gasteiger partial charge in [0.05, 0.1) is 11.5 Å². The van der Waals surface area contributed by atoms with E-state index in [0.29, 0.717) is 36.8 Å². The van der Waals surface area contributed by atoms with Gasteiger partial charge in [-0.05, 0) is 35.7 Å². The van der Waals surface area contributed by atoms with E-state index in [-0.39, 0.29) is 18.6 Å². The van der Waals surface area contributed by atoms with E-state index < -0.39 is 17.7 Å². The first kappa shape index (κ1) is 19.6. The van der Waals surface area contributed by atoms with E-state index in [1.165, 1.54) is 6.07 Å². The Bertz CT molecular complexity index is 909. The number of carboxylic acid groups (broad SMARTS) is 1. The van der Waals surface area contributed by atoms with Crippen molar-refractivity contribution in [2.75, 3.05) is 19.7 Å². The molecular weight excluding hydrogens is 387 g/mol. The normalized spacial score (nSPS) is 19.8. The van der Waals surface area contributed by atoms with Crippen molar-refractivity contribution in [2.45, 2.75) is 25.2 Å². The number of alkyl halides is 3. The highest BCUT2D eigenvalue weighted by molar-refractivity contribution is 5.71. The highest BCUT2D eigenvalue weighted by Crippen LogP contribution is 2.33. The molecule has 0 radical (unpaired) electrons. The molecule has 2 aromatic carbocycles. The minimum atomic E-state index is -4.38. The predicted octanol–water partition coefficient (Wildman–Crippen LogP) is 3.60. The zero-order valence-corrected chi connectivity index (χ0v) is 15.5. The van der Waals surface area contributed by atoms with Gasteiger partial charge in [-0.15, -0.1) is 0 Å². The van der Waals surface area contributed by atoms with Gasteiger partial charge in [-0.1, -0.05) is 18.2 Å². The standard InChI is InChI=1S/C21H20F3NO4/c22-21(23,24)16-3-1-2-13(6-16)11-28-18-5-4-14-7-17(12-29-19(14)8-18)25-9-15(10-25)20(26)27/h1-6,8,15,17H,7,9-12H2,(H,26,27). The Kier molecular flexibility index (Phi) is 5.12. The zero-order valence-electron chi connectivity index (χ0n) is 15.5. The van der Waals surface area contributed by atoms with E-state index in [0.717, 1.165) is 24.1 Å². The zero-order chi connectivity index (χ0) is 20.6. The van der Waals surface area contributed by atoms with E-state index in [1.807, 2.05) is 6.07 Å². The number of carbonyl (C=O) groups is 1. The van der Waals surface area contributed by atoms with Crippen LogP contribution in [0.5, 0.6) is 11.5 Å². The Morgan fingerprint density at radius 3 is 2.72 bits per heavy atom. The fourth-order valence-electron chi connectivity index (χ4n) is 3.63. The summed E-state index contributed by atoms with van der Waals surface area (Å²) in [6, 6.07) is 10.6. The number of rotatable bonds is 5. The molecule has 2 aromatic rings. The lowest BCUT2D eigenvalue weighted by Crippen LogP contribution is -2.57. The Hall–Kier alpha value is -2.74.